The average molecular weight is 466 g/mol. The van der Waals surface area contributed by atoms with Crippen LogP contribution >= 0.6 is 0 Å². The number of nitrogens with one attached hydrogen (secondary N) is 1. The van der Waals surface area contributed by atoms with E-state index in [1.54, 1.807) is 0 Å². The van der Waals surface area contributed by atoms with Crippen LogP contribution in [0.15, 0.2) is 91.0 Å². The molecule has 0 spiro atoms. The molecule has 0 saturated heterocycles. The summed E-state index contributed by atoms with van der Waals surface area (Å²) in [4.78, 5) is 14.9. The molecule has 1 N–H and O–H groups in total. The lowest BCUT2D eigenvalue weighted by Crippen LogP contribution is -2.32. The van der Waals surface area contributed by atoms with E-state index in [2.05, 4.69) is 85.6 Å². The van der Waals surface area contributed by atoms with Crippen LogP contribution in [0, 0.1) is 0 Å². The first kappa shape index (κ1) is 23.0. The standard InChI is InChI=1S/C29H31N5O/c35-29(20-23-10-4-1-5-11-23)30-21-28-32-31-27-16-17-33(18-19-34(27)28)22-26(24-12-6-2-7-13-24)25-14-8-3-9-15-25/h1-15,26H,16-22H2,(H,30,35). The molecule has 0 unspecified atom stereocenters. The summed E-state index contributed by atoms with van der Waals surface area (Å²) in [6.45, 7) is 4.04. The van der Waals surface area contributed by atoms with Crippen LogP contribution in [-0.2, 0) is 30.7 Å². The molecule has 0 bridgehead atoms. The lowest BCUT2D eigenvalue weighted by molar-refractivity contribution is -0.120. The van der Waals surface area contributed by atoms with Gasteiger partial charge < -0.3 is 14.8 Å². The molecule has 1 aromatic heterocycles. The Morgan fingerprint density at radius 2 is 1.43 bits per heavy atom. The highest BCUT2D eigenvalue weighted by Crippen LogP contribution is 2.26. The number of carbonyl (C=O) groups is 1. The van der Waals surface area contributed by atoms with Crippen molar-refractivity contribution in [3.8, 4) is 0 Å². The van der Waals surface area contributed by atoms with E-state index in [9.17, 15) is 4.79 Å². The second kappa shape index (κ2) is 11.1. The molecular weight excluding hydrogens is 434 g/mol. The zero-order chi connectivity index (χ0) is 23.9. The first-order valence-electron chi connectivity index (χ1n) is 12.3. The first-order chi connectivity index (χ1) is 17.3. The van der Waals surface area contributed by atoms with Gasteiger partial charge >= 0.3 is 0 Å². The van der Waals surface area contributed by atoms with Crippen LogP contribution in [-0.4, -0.2) is 45.2 Å². The number of nitrogens with zero attached hydrogens (tertiary/aromatic N) is 4. The Kier molecular flexibility index (Phi) is 7.29. The van der Waals surface area contributed by atoms with Gasteiger partial charge in [0.25, 0.3) is 0 Å². The van der Waals surface area contributed by atoms with E-state index in [-0.39, 0.29) is 5.91 Å². The van der Waals surface area contributed by atoms with Gasteiger partial charge in [0.1, 0.15) is 5.82 Å². The molecule has 4 aromatic rings. The van der Waals surface area contributed by atoms with Gasteiger partial charge in [0, 0.05) is 38.5 Å². The molecule has 1 amide bonds. The third-order valence-corrected chi connectivity index (χ3v) is 6.69. The third-order valence-electron chi connectivity index (χ3n) is 6.69. The van der Waals surface area contributed by atoms with Gasteiger partial charge in [-0.1, -0.05) is 91.0 Å². The van der Waals surface area contributed by atoms with Gasteiger partial charge in [-0.2, -0.15) is 0 Å². The summed E-state index contributed by atoms with van der Waals surface area (Å²) in [5, 5.41) is 11.8. The van der Waals surface area contributed by atoms with Crippen molar-refractivity contribution in [1.82, 2.24) is 25.0 Å². The molecule has 6 heteroatoms. The smallest absolute Gasteiger partial charge is 0.224 e. The minimum absolute atomic E-state index is 0.00244. The van der Waals surface area contributed by atoms with E-state index in [0.717, 1.165) is 49.8 Å². The molecule has 178 valence electrons. The van der Waals surface area contributed by atoms with Crippen molar-refractivity contribution in [2.24, 2.45) is 0 Å². The van der Waals surface area contributed by atoms with Crippen LogP contribution in [0.1, 0.15) is 34.3 Å². The molecule has 2 heterocycles. The summed E-state index contributed by atoms with van der Waals surface area (Å²) in [6, 6.07) is 31.3. The van der Waals surface area contributed by atoms with Gasteiger partial charge in [-0.25, -0.2) is 0 Å². The normalized spacial score (nSPS) is 13.9. The highest BCUT2D eigenvalue weighted by molar-refractivity contribution is 5.78. The topological polar surface area (TPSA) is 63.1 Å². The highest BCUT2D eigenvalue weighted by Gasteiger charge is 2.23. The van der Waals surface area contributed by atoms with E-state index in [1.807, 2.05) is 30.3 Å². The molecule has 5 rings (SSSR count). The minimum Gasteiger partial charge on any atom is -0.349 e. The number of hydrogen-bond donors (Lipinski definition) is 1. The number of aromatic nitrogens is 3. The van der Waals surface area contributed by atoms with E-state index in [0.29, 0.717) is 18.9 Å². The fraction of sp³-hybridized carbons (Fsp3) is 0.276. The van der Waals surface area contributed by atoms with Crippen molar-refractivity contribution < 1.29 is 4.79 Å². The van der Waals surface area contributed by atoms with E-state index in [1.165, 1.54) is 11.1 Å². The summed E-state index contributed by atoms with van der Waals surface area (Å²) in [5.74, 6) is 2.14. The molecule has 1 aliphatic rings. The lowest BCUT2D eigenvalue weighted by atomic mass is 9.90. The van der Waals surface area contributed by atoms with Crippen molar-refractivity contribution in [3.63, 3.8) is 0 Å². The second-order valence-electron chi connectivity index (χ2n) is 9.05. The second-order valence-corrected chi connectivity index (χ2v) is 9.05. The molecule has 1 aliphatic heterocycles. The minimum atomic E-state index is -0.00244. The molecule has 35 heavy (non-hydrogen) atoms. The van der Waals surface area contributed by atoms with E-state index < -0.39 is 0 Å². The van der Waals surface area contributed by atoms with E-state index >= 15 is 0 Å². The molecule has 6 nitrogen and oxygen atoms in total. The summed E-state index contributed by atoms with van der Waals surface area (Å²) in [7, 11) is 0. The highest BCUT2D eigenvalue weighted by atomic mass is 16.1. The van der Waals surface area contributed by atoms with Crippen LogP contribution in [0.5, 0.6) is 0 Å². The Morgan fingerprint density at radius 3 is 2.09 bits per heavy atom. The van der Waals surface area contributed by atoms with Crippen molar-refractivity contribution in [1.29, 1.82) is 0 Å². The first-order valence-corrected chi connectivity index (χ1v) is 12.3. The van der Waals surface area contributed by atoms with Crippen LogP contribution in [0.3, 0.4) is 0 Å². The van der Waals surface area contributed by atoms with Gasteiger partial charge in [-0.05, 0) is 16.7 Å². The number of carbonyl (C=O) groups excluding carboxylic acids is 1. The van der Waals surface area contributed by atoms with Crippen molar-refractivity contribution in [2.75, 3.05) is 19.6 Å². The van der Waals surface area contributed by atoms with Crippen LogP contribution in [0.4, 0.5) is 0 Å². The van der Waals surface area contributed by atoms with Crippen LogP contribution in [0.25, 0.3) is 0 Å². The quantitative estimate of drug-likeness (QED) is 0.430. The van der Waals surface area contributed by atoms with Gasteiger partial charge in [0.05, 0.1) is 13.0 Å². The Balaban J connectivity index is 1.22. The average Bonchev–Trinajstić information content (AvgIpc) is 3.18. The summed E-state index contributed by atoms with van der Waals surface area (Å²) in [6.07, 6.45) is 1.22. The zero-order valence-corrected chi connectivity index (χ0v) is 19.9. The predicted octanol–water partition coefficient (Wildman–Crippen LogP) is 3.83. The molecule has 3 aromatic carbocycles. The summed E-state index contributed by atoms with van der Waals surface area (Å²) < 4.78 is 2.18. The largest absolute Gasteiger partial charge is 0.349 e. The van der Waals surface area contributed by atoms with Gasteiger partial charge in [0.15, 0.2) is 5.82 Å². The molecule has 0 fully saturated rings. The Labute approximate surface area is 206 Å². The molecule has 0 aliphatic carbocycles. The number of hydrogen-bond acceptors (Lipinski definition) is 4. The number of rotatable bonds is 8. The summed E-state index contributed by atoms with van der Waals surface area (Å²) >= 11 is 0. The van der Waals surface area contributed by atoms with Gasteiger partial charge in [-0.15, -0.1) is 10.2 Å². The third kappa shape index (κ3) is 5.84. The fourth-order valence-corrected chi connectivity index (χ4v) is 4.79. The van der Waals surface area contributed by atoms with Gasteiger partial charge in [-0.3, -0.25) is 4.79 Å². The fourth-order valence-electron chi connectivity index (χ4n) is 4.79. The van der Waals surface area contributed by atoms with Crippen molar-refractivity contribution in [3.05, 3.63) is 119 Å². The molecule has 0 atom stereocenters. The monoisotopic (exact) mass is 465 g/mol. The predicted molar refractivity (Wildman–Crippen MR) is 137 cm³/mol. The molecule has 0 radical (unpaired) electrons. The Morgan fingerprint density at radius 1 is 0.800 bits per heavy atom. The van der Waals surface area contributed by atoms with E-state index in [4.69, 9.17) is 0 Å². The SMILES string of the molecule is O=C(Cc1ccccc1)NCc1nnc2n1CCN(CC(c1ccccc1)c1ccccc1)CC2. The zero-order valence-electron chi connectivity index (χ0n) is 19.9. The maximum Gasteiger partial charge on any atom is 0.224 e. The number of amides is 1. The number of benzene rings is 3. The summed E-state index contributed by atoms with van der Waals surface area (Å²) in [5.41, 5.74) is 3.68. The molecular formula is C29H31N5O. The van der Waals surface area contributed by atoms with Crippen molar-refractivity contribution in [2.45, 2.75) is 31.8 Å². The van der Waals surface area contributed by atoms with Crippen molar-refractivity contribution >= 4 is 5.91 Å². The maximum atomic E-state index is 12.4. The van der Waals surface area contributed by atoms with Crippen LogP contribution in [0.2, 0.25) is 0 Å². The number of fused-ring (bicyclic) bond motifs is 1. The lowest BCUT2D eigenvalue weighted by Gasteiger charge is -2.27. The van der Waals surface area contributed by atoms with Gasteiger partial charge in [0.2, 0.25) is 5.91 Å². The van der Waals surface area contributed by atoms with Crippen LogP contribution < -0.4 is 5.32 Å². The Hall–Kier alpha value is -3.77. The molecule has 0 saturated carbocycles. The maximum absolute atomic E-state index is 12.4. The Bertz CT molecular complexity index is 1180.